The SMILES string of the molecule is CCN1CCN(CCC(C)(C)O)C(=O)C1=O. The molecule has 0 spiro atoms. The summed E-state index contributed by atoms with van der Waals surface area (Å²) in [6.45, 7) is 7.41. The molecular formula is C11H20N2O3. The number of likely N-dealkylation sites (N-methyl/N-ethyl adjacent to an activating group) is 1. The smallest absolute Gasteiger partial charge is 0.312 e. The highest BCUT2D eigenvalue weighted by Crippen LogP contribution is 2.11. The monoisotopic (exact) mass is 228 g/mol. The van der Waals surface area contributed by atoms with E-state index >= 15 is 0 Å². The Hall–Kier alpha value is -1.10. The normalized spacial score (nSPS) is 18.2. The van der Waals surface area contributed by atoms with Gasteiger partial charge in [0.1, 0.15) is 0 Å². The summed E-state index contributed by atoms with van der Waals surface area (Å²) in [5.41, 5.74) is -0.800. The molecule has 0 aliphatic carbocycles. The van der Waals surface area contributed by atoms with Crippen LogP contribution in [0.15, 0.2) is 0 Å². The minimum absolute atomic E-state index is 0.426. The number of carbonyl (C=O) groups excluding carboxylic acids is 2. The lowest BCUT2D eigenvalue weighted by Crippen LogP contribution is -2.54. The van der Waals surface area contributed by atoms with E-state index in [1.807, 2.05) is 6.92 Å². The number of nitrogens with zero attached hydrogens (tertiary/aromatic N) is 2. The predicted molar refractivity (Wildman–Crippen MR) is 59.7 cm³/mol. The Balaban J connectivity index is 2.52. The zero-order chi connectivity index (χ0) is 12.3. The van der Waals surface area contributed by atoms with E-state index in [0.717, 1.165) is 0 Å². The minimum Gasteiger partial charge on any atom is -0.390 e. The Morgan fingerprint density at radius 3 is 2.19 bits per heavy atom. The lowest BCUT2D eigenvalue weighted by Gasteiger charge is -2.34. The van der Waals surface area contributed by atoms with Gasteiger partial charge in [0.25, 0.3) is 0 Å². The second-order valence-electron chi connectivity index (χ2n) is 4.74. The van der Waals surface area contributed by atoms with E-state index in [2.05, 4.69) is 0 Å². The average Bonchev–Trinajstić information content (AvgIpc) is 2.19. The largest absolute Gasteiger partial charge is 0.390 e. The predicted octanol–water partition coefficient (Wildman–Crippen LogP) is -0.162. The van der Waals surface area contributed by atoms with Crippen molar-refractivity contribution in [2.24, 2.45) is 0 Å². The molecule has 0 aromatic carbocycles. The van der Waals surface area contributed by atoms with E-state index in [4.69, 9.17) is 0 Å². The molecule has 0 atom stereocenters. The van der Waals surface area contributed by atoms with Crippen molar-refractivity contribution in [3.05, 3.63) is 0 Å². The minimum atomic E-state index is -0.800. The van der Waals surface area contributed by atoms with Crippen molar-refractivity contribution >= 4 is 11.8 Å². The fourth-order valence-corrected chi connectivity index (χ4v) is 1.64. The van der Waals surface area contributed by atoms with E-state index in [1.165, 1.54) is 4.90 Å². The standard InChI is InChI=1S/C11H20N2O3/c1-4-12-7-8-13(10(15)9(12)14)6-5-11(2,3)16/h16H,4-8H2,1-3H3. The Bertz CT molecular complexity index is 283. The second kappa shape index (κ2) is 4.82. The van der Waals surface area contributed by atoms with Gasteiger partial charge in [-0.25, -0.2) is 0 Å². The number of piperazine rings is 1. The number of aliphatic hydroxyl groups is 1. The summed E-state index contributed by atoms with van der Waals surface area (Å²) >= 11 is 0. The van der Waals surface area contributed by atoms with Crippen molar-refractivity contribution in [1.82, 2.24) is 9.80 Å². The van der Waals surface area contributed by atoms with Gasteiger partial charge in [0.15, 0.2) is 0 Å². The summed E-state index contributed by atoms with van der Waals surface area (Å²) in [5, 5.41) is 9.57. The number of hydrogen-bond acceptors (Lipinski definition) is 3. The van der Waals surface area contributed by atoms with Crippen LogP contribution < -0.4 is 0 Å². The van der Waals surface area contributed by atoms with Crippen LogP contribution in [0.4, 0.5) is 0 Å². The molecule has 0 bridgehead atoms. The van der Waals surface area contributed by atoms with Gasteiger partial charge in [0.2, 0.25) is 0 Å². The lowest BCUT2D eigenvalue weighted by molar-refractivity contribution is -0.156. The van der Waals surface area contributed by atoms with Crippen molar-refractivity contribution in [3.63, 3.8) is 0 Å². The number of hydrogen-bond donors (Lipinski definition) is 1. The first-order chi connectivity index (χ1) is 7.35. The van der Waals surface area contributed by atoms with Gasteiger partial charge >= 0.3 is 11.8 Å². The van der Waals surface area contributed by atoms with Crippen LogP contribution in [-0.4, -0.2) is 58.5 Å². The highest BCUT2D eigenvalue weighted by Gasteiger charge is 2.31. The molecule has 0 aromatic heterocycles. The van der Waals surface area contributed by atoms with Crippen LogP contribution in [-0.2, 0) is 9.59 Å². The molecule has 5 heteroatoms. The third kappa shape index (κ3) is 3.20. The molecule has 0 unspecified atom stereocenters. The van der Waals surface area contributed by atoms with Crippen molar-refractivity contribution in [3.8, 4) is 0 Å². The summed E-state index contributed by atoms with van der Waals surface area (Å²) in [7, 11) is 0. The molecule has 1 saturated heterocycles. The summed E-state index contributed by atoms with van der Waals surface area (Å²) in [4.78, 5) is 26.3. The maximum absolute atomic E-state index is 11.7. The van der Waals surface area contributed by atoms with Gasteiger partial charge in [-0.3, -0.25) is 9.59 Å². The maximum atomic E-state index is 11.7. The molecule has 16 heavy (non-hydrogen) atoms. The van der Waals surface area contributed by atoms with Crippen LogP contribution in [0.5, 0.6) is 0 Å². The third-order valence-corrected chi connectivity index (χ3v) is 2.77. The summed E-state index contributed by atoms with van der Waals surface area (Å²) in [6, 6.07) is 0. The molecule has 1 N–H and O–H groups in total. The lowest BCUT2D eigenvalue weighted by atomic mass is 10.1. The molecule has 1 aliphatic heterocycles. The molecule has 5 nitrogen and oxygen atoms in total. The van der Waals surface area contributed by atoms with Crippen LogP contribution >= 0.6 is 0 Å². The molecule has 0 aromatic rings. The number of amides is 2. The van der Waals surface area contributed by atoms with Crippen molar-refractivity contribution in [1.29, 1.82) is 0 Å². The van der Waals surface area contributed by atoms with Gasteiger partial charge in [-0.2, -0.15) is 0 Å². The van der Waals surface area contributed by atoms with Gasteiger partial charge < -0.3 is 14.9 Å². The zero-order valence-electron chi connectivity index (χ0n) is 10.2. The van der Waals surface area contributed by atoms with Crippen LogP contribution in [0.25, 0.3) is 0 Å². The molecule has 2 amide bonds. The number of carbonyl (C=O) groups is 2. The van der Waals surface area contributed by atoms with Crippen LogP contribution in [0, 0.1) is 0 Å². The van der Waals surface area contributed by atoms with Gasteiger partial charge in [-0.05, 0) is 27.2 Å². The summed E-state index contributed by atoms with van der Waals surface area (Å²) in [6.07, 6.45) is 0.484. The van der Waals surface area contributed by atoms with Crippen LogP contribution in [0.3, 0.4) is 0 Å². The van der Waals surface area contributed by atoms with E-state index in [0.29, 0.717) is 32.6 Å². The van der Waals surface area contributed by atoms with Gasteiger partial charge in [0, 0.05) is 26.2 Å². The average molecular weight is 228 g/mol. The fraction of sp³-hybridized carbons (Fsp3) is 0.818. The molecule has 0 radical (unpaired) electrons. The highest BCUT2D eigenvalue weighted by atomic mass is 16.3. The van der Waals surface area contributed by atoms with E-state index in [9.17, 15) is 14.7 Å². The first-order valence-corrected chi connectivity index (χ1v) is 5.65. The Morgan fingerprint density at radius 1 is 1.19 bits per heavy atom. The van der Waals surface area contributed by atoms with E-state index in [-0.39, 0.29) is 0 Å². The zero-order valence-corrected chi connectivity index (χ0v) is 10.2. The molecule has 0 saturated carbocycles. The van der Waals surface area contributed by atoms with Gasteiger partial charge in [0.05, 0.1) is 5.60 Å². The topological polar surface area (TPSA) is 60.9 Å². The number of rotatable bonds is 4. The molecule has 1 fully saturated rings. The summed E-state index contributed by atoms with van der Waals surface area (Å²) in [5.74, 6) is -0.873. The second-order valence-corrected chi connectivity index (χ2v) is 4.74. The molecule has 1 rings (SSSR count). The fourth-order valence-electron chi connectivity index (χ4n) is 1.64. The van der Waals surface area contributed by atoms with Crippen LogP contribution in [0.2, 0.25) is 0 Å². The molecule has 92 valence electrons. The molecular weight excluding hydrogens is 208 g/mol. The Kier molecular flexibility index (Phi) is 3.91. The highest BCUT2D eigenvalue weighted by molar-refractivity contribution is 6.35. The van der Waals surface area contributed by atoms with E-state index < -0.39 is 17.4 Å². The van der Waals surface area contributed by atoms with Crippen molar-refractivity contribution in [2.75, 3.05) is 26.2 Å². The first-order valence-electron chi connectivity index (χ1n) is 5.65. The third-order valence-electron chi connectivity index (χ3n) is 2.77. The first kappa shape index (κ1) is 13.0. The summed E-state index contributed by atoms with van der Waals surface area (Å²) < 4.78 is 0. The molecule has 1 heterocycles. The van der Waals surface area contributed by atoms with Gasteiger partial charge in [-0.15, -0.1) is 0 Å². The quantitative estimate of drug-likeness (QED) is 0.680. The molecule has 1 aliphatic rings. The van der Waals surface area contributed by atoms with Crippen molar-refractivity contribution in [2.45, 2.75) is 32.8 Å². The van der Waals surface area contributed by atoms with Crippen LogP contribution in [0.1, 0.15) is 27.2 Å². The van der Waals surface area contributed by atoms with E-state index in [1.54, 1.807) is 18.7 Å². The van der Waals surface area contributed by atoms with Gasteiger partial charge in [-0.1, -0.05) is 0 Å². The van der Waals surface area contributed by atoms with Crippen molar-refractivity contribution < 1.29 is 14.7 Å². The Morgan fingerprint density at radius 2 is 1.69 bits per heavy atom. The Labute approximate surface area is 96.0 Å². The maximum Gasteiger partial charge on any atom is 0.312 e.